The van der Waals surface area contributed by atoms with Crippen LogP contribution in [0.4, 0.5) is 13.2 Å². The van der Waals surface area contributed by atoms with Gasteiger partial charge in [-0.05, 0) is 48.2 Å². The standard InChI is InChI=1S/C28H26F3N5O3/c1-3-23(18-10-21(30)12-22(31)11-18)36-25(19-13-32-34(2)14-19)33-26(37)24(28(36)39)27(38)35-9-8-17(15-35)16-4-6-20(29)7-5-16/h4-7,10-14,17,23,37H,3,8-9,15H2,1-2H3/t17?,23-/m0/s1. The van der Waals surface area contributed by atoms with Gasteiger partial charge in [-0.3, -0.25) is 18.8 Å². The number of hydrogen-bond acceptors (Lipinski definition) is 5. The summed E-state index contributed by atoms with van der Waals surface area (Å²) in [5.41, 5.74) is 0.0332. The predicted octanol–water partition coefficient (Wildman–Crippen LogP) is 4.40. The second-order valence-electron chi connectivity index (χ2n) is 9.63. The molecule has 1 aliphatic rings. The third-order valence-electron chi connectivity index (χ3n) is 7.06. The summed E-state index contributed by atoms with van der Waals surface area (Å²) < 4.78 is 44.4. The fourth-order valence-corrected chi connectivity index (χ4v) is 5.18. The van der Waals surface area contributed by atoms with Gasteiger partial charge in [-0.2, -0.15) is 10.1 Å². The molecule has 1 saturated heterocycles. The van der Waals surface area contributed by atoms with Gasteiger partial charge in [0.25, 0.3) is 11.5 Å². The zero-order chi connectivity index (χ0) is 27.8. The van der Waals surface area contributed by atoms with Crippen molar-refractivity contribution in [1.29, 1.82) is 0 Å². The smallest absolute Gasteiger partial charge is 0.271 e. The number of carbonyl (C=O) groups is 1. The Morgan fingerprint density at radius 2 is 1.79 bits per heavy atom. The summed E-state index contributed by atoms with van der Waals surface area (Å²) in [4.78, 5) is 33.2. The molecule has 3 heterocycles. The molecule has 8 nitrogen and oxygen atoms in total. The fraction of sp³-hybridized carbons (Fsp3) is 0.286. The molecule has 0 bridgehead atoms. The minimum Gasteiger partial charge on any atom is -0.493 e. The van der Waals surface area contributed by atoms with E-state index in [1.165, 1.54) is 32.5 Å². The first-order valence-electron chi connectivity index (χ1n) is 12.5. The van der Waals surface area contributed by atoms with E-state index < -0.39 is 40.6 Å². The molecule has 39 heavy (non-hydrogen) atoms. The molecule has 1 N–H and O–H groups in total. The molecule has 1 unspecified atom stereocenters. The van der Waals surface area contributed by atoms with Crippen molar-refractivity contribution in [2.24, 2.45) is 7.05 Å². The van der Waals surface area contributed by atoms with E-state index in [0.29, 0.717) is 18.5 Å². The number of aromatic hydroxyl groups is 1. The van der Waals surface area contributed by atoms with E-state index in [-0.39, 0.29) is 36.1 Å². The van der Waals surface area contributed by atoms with Crippen LogP contribution in [-0.4, -0.2) is 48.3 Å². The van der Waals surface area contributed by atoms with Crippen molar-refractivity contribution in [2.75, 3.05) is 13.1 Å². The van der Waals surface area contributed by atoms with E-state index in [1.807, 2.05) is 0 Å². The molecule has 2 aromatic heterocycles. The summed E-state index contributed by atoms with van der Waals surface area (Å²) in [6.07, 6.45) is 3.83. The highest BCUT2D eigenvalue weighted by molar-refractivity contribution is 5.96. The molecule has 1 amide bonds. The van der Waals surface area contributed by atoms with Gasteiger partial charge in [0.05, 0.1) is 17.8 Å². The van der Waals surface area contributed by atoms with Gasteiger partial charge in [-0.15, -0.1) is 0 Å². The molecule has 202 valence electrons. The van der Waals surface area contributed by atoms with E-state index >= 15 is 0 Å². The average molecular weight is 538 g/mol. The van der Waals surface area contributed by atoms with Crippen LogP contribution in [0.3, 0.4) is 0 Å². The van der Waals surface area contributed by atoms with E-state index in [4.69, 9.17) is 0 Å². The molecule has 5 rings (SSSR count). The van der Waals surface area contributed by atoms with Gasteiger partial charge in [0.1, 0.15) is 17.5 Å². The van der Waals surface area contributed by atoms with Gasteiger partial charge < -0.3 is 10.0 Å². The predicted molar refractivity (Wildman–Crippen MR) is 137 cm³/mol. The summed E-state index contributed by atoms with van der Waals surface area (Å²) in [6, 6.07) is 8.10. The highest BCUT2D eigenvalue weighted by Gasteiger charge is 2.34. The number of benzene rings is 2. The van der Waals surface area contributed by atoms with Gasteiger partial charge in [-0.1, -0.05) is 19.1 Å². The number of hydrogen-bond donors (Lipinski definition) is 1. The Kier molecular flexibility index (Phi) is 6.98. The van der Waals surface area contributed by atoms with Crippen LogP contribution in [0, 0.1) is 17.5 Å². The van der Waals surface area contributed by atoms with Gasteiger partial charge >= 0.3 is 0 Å². The Bertz CT molecular complexity index is 1580. The van der Waals surface area contributed by atoms with Crippen molar-refractivity contribution in [2.45, 2.75) is 31.7 Å². The van der Waals surface area contributed by atoms with Gasteiger partial charge in [0.2, 0.25) is 5.88 Å². The minimum absolute atomic E-state index is 0.00396. The molecular weight excluding hydrogens is 511 g/mol. The molecule has 0 saturated carbocycles. The number of aryl methyl sites for hydroxylation is 1. The maximum Gasteiger partial charge on any atom is 0.271 e. The van der Waals surface area contributed by atoms with Crippen molar-refractivity contribution in [3.05, 3.63) is 99.4 Å². The van der Waals surface area contributed by atoms with Crippen LogP contribution < -0.4 is 5.56 Å². The lowest BCUT2D eigenvalue weighted by Crippen LogP contribution is -2.38. The Morgan fingerprint density at radius 1 is 1.10 bits per heavy atom. The highest BCUT2D eigenvalue weighted by Crippen LogP contribution is 2.32. The lowest BCUT2D eigenvalue weighted by atomic mass is 9.98. The molecule has 1 aliphatic heterocycles. The van der Waals surface area contributed by atoms with Crippen LogP contribution in [0.2, 0.25) is 0 Å². The summed E-state index contributed by atoms with van der Waals surface area (Å²) in [5.74, 6) is -3.51. The summed E-state index contributed by atoms with van der Waals surface area (Å²) in [5, 5.41) is 15.0. The van der Waals surface area contributed by atoms with Crippen molar-refractivity contribution in [3.63, 3.8) is 0 Å². The second kappa shape index (κ2) is 10.4. The monoisotopic (exact) mass is 537 g/mol. The first kappa shape index (κ1) is 26.2. The number of carbonyl (C=O) groups excluding carboxylic acids is 1. The molecule has 11 heteroatoms. The molecular formula is C28H26F3N5O3. The van der Waals surface area contributed by atoms with E-state index in [1.54, 1.807) is 32.3 Å². The number of halogens is 3. The summed E-state index contributed by atoms with van der Waals surface area (Å²) in [6.45, 7) is 2.31. The largest absolute Gasteiger partial charge is 0.493 e. The first-order chi connectivity index (χ1) is 18.7. The molecule has 4 aromatic rings. The molecule has 0 radical (unpaired) electrons. The third kappa shape index (κ3) is 5.04. The molecule has 0 spiro atoms. The van der Waals surface area contributed by atoms with Crippen LogP contribution in [0.1, 0.15) is 53.2 Å². The molecule has 2 aromatic carbocycles. The highest BCUT2D eigenvalue weighted by atomic mass is 19.1. The zero-order valence-corrected chi connectivity index (χ0v) is 21.3. The number of nitrogens with zero attached hydrogens (tertiary/aromatic N) is 5. The molecule has 0 aliphatic carbocycles. The lowest BCUT2D eigenvalue weighted by molar-refractivity contribution is 0.0784. The number of amides is 1. The van der Waals surface area contributed by atoms with Crippen molar-refractivity contribution in [1.82, 2.24) is 24.2 Å². The SMILES string of the molecule is CC[C@@H](c1cc(F)cc(F)c1)n1c(-c2cnn(C)c2)nc(O)c(C(=O)N2CCC(c3ccc(F)cc3)C2)c1=O. The first-order valence-corrected chi connectivity index (χ1v) is 12.5. The third-order valence-corrected chi connectivity index (χ3v) is 7.06. The van der Waals surface area contributed by atoms with E-state index in [9.17, 15) is 27.9 Å². The quantitative estimate of drug-likeness (QED) is 0.394. The zero-order valence-electron chi connectivity index (χ0n) is 21.3. The van der Waals surface area contributed by atoms with Gasteiger partial charge in [-0.25, -0.2) is 13.2 Å². The van der Waals surface area contributed by atoms with Crippen LogP contribution in [0.15, 0.2) is 59.7 Å². The van der Waals surface area contributed by atoms with Gasteiger partial charge in [0.15, 0.2) is 11.4 Å². The van der Waals surface area contributed by atoms with Crippen LogP contribution >= 0.6 is 0 Å². The Balaban J connectivity index is 1.60. The van der Waals surface area contributed by atoms with Crippen LogP contribution in [-0.2, 0) is 7.05 Å². The van der Waals surface area contributed by atoms with E-state index in [2.05, 4.69) is 10.1 Å². The normalized spacial score (nSPS) is 16.0. The van der Waals surface area contributed by atoms with Crippen LogP contribution in [0.25, 0.3) is 11.4 Å². The summed E-state index contributed by atoms with van der Waals surface area (Å²) in [7, 11) is 1.66. The minimum atomic E-state index is -0.900. The van der Waals surface area contributed by atoms with E-state index in [0.717, 1.165) is 23.8 Å². The number of aromatic nitrogens is 4. The Hall–Kier alpha value is -4.41. The second-order valence-corrected chi connectivity index (χ2v) is 9.63. The fourth-order valence-electron chi connectivity index (χ4n) is 5.18. The Labute approximate surface area is 222 Å². The van der Waals surface area contributed by atoms with Crippen molar-refractivity contribution in [3.8, 4) is 17.3 Å². The summed E-state index contributed by atoms with van der Waals surface area (Å²) >= 11 is 0. The van der Waals surface area contributed by atoms with Crippen molar-refractivity contribution >= 4 is 5.91 Å². The molecule has 2 atom stereocenters. The maximum atomic E-state index is 14.2. The van der Waals surface area contributed by atoms with Crippen molar-refractivity contribution < 1.29 is 23.1 Å². The van der Waals surface area contributed by atoms with Crippen LogP contribution in [0.5, 0.6) is 5.88 Å². The average Bonchev–Trinajstić information content (AvgIpc) is 3.55. The number of rotatable bonds is 6. The maximum absolute atomic E-state index is 14.2. The molecule has 1 fully saturated rings. The topological polar surface area (TPSA) is 93.2 Å². The van der Waals surface area contributed by atoms with Gasteiger partial charge in [0, 0.05) is 38.3 Å². The Morgan fingerprint density at radius 3 is 2.41 bits per heavy atom. The lowest BCUT2D eigenvalue weighted by Gasteiger charge is -2.24. The number of likely N-dealkylation sites (tertiary alicyclic amines) is 1.